The predicted octanol–water partition coefficient (Wildman–Crippen LogP) is 6.91. The number of carboxylic acids is 1. The van der Waals surface area contributed by atoms with Gasteiger partial charge in [-0.1, -0.05) is 35.9 Å². The molecular formula is C30H24ClN3O4S. The van der Waals surface area contributed by atoms with E-state index in [4.69, 9.17) is 11.6 Å². The van der Waals surface area contributed by atoms with E-state index in [-0.39, 0.29) is 17.4 Å². The highest BCUT2D eigenvalue weighted by molar-refractivity contribution is 7.15. The monoisotopic (exact) mass is 557 g/mol. The van der Waals surface area contributed by atoms with Gasteiger partial charge in [0, 0.05) is 21.2 Å². The summed E-state index contributed by atoms with van der Waals surface area (Å²) in [4.78, 5) is 39.5. The zero-order valence-electron chi connectivity index (χ0n) is 21.1. The first-order valence-electron chi connectivity index (χ1n) is 12.2. The molecule has 0 spiro atoms. The average molecular weight is 558 g/mol. The van der Waals surface area contributed by atoms with Crippen molar-refractivity contribution in [1.82, 2.24) is 0 Å². The van der Waals surface area contributed by atoms with Crippen molar-refractivity contribution < 1.29 is 19.5 Å². The van der Waals surface area contributed by atoms with Gasteiger partial charge in [0.15, 0.2) is 0 Å². The zero-order valence-corrected chi connectivity index (χ0v) is 22.7. The maximum Gasteiger partial charge on any atom is 0.335 e. The molecule has 1 atom stereocenters. The molecule has 7 nitrogen and oxygen atoms in total. The fraction of sp³-hybridized carbons (Fsp3) is 0.133. The Bertz CT molecular complexity index is 1640. The van der Waals surface area contributed by atoms with E-state index in [9.17, 15) is 19.5 Å². The normalized spacial score (nSPS) is 14.8. The number of halogens is 1. The van der Waals surface area contributed by atoms with Crippen molar-refractivity contribution in [3.8, 4) is 10.4 Å². The Morgan fingerprint density at radius 1 is 1.03 bits per heavy atom. The lowest BCUT2D eigenvalue weighted by molar-refractivity contribution is -0.119. The lowest BCUT2D eigenvalue weighted by atomic mass is 9.99. The van der Waals surface area contributed by atoms with Crippen LogP contribution in [-0.4, -0.2) is 28.6 Å². The topological polar surface area (TPSA) is 99.1 Å². The Labute approximate surface area is 234 Å². The maximum atomic E-state index is 13.2. The number of thiophene rings is 1. The third-order valence-electron chi connectivity index (χ3n) is 6.44. The third kappa shape index (κ3) is 5.62. The SMILES string of the molecule is CC1=NN(c2cccc(C(=O)O)c2)C(=O)C1Cc1ccc(-c2ccc(Cl)c(C(=O)Nc3cccc(C)c3)c2)s1. The molecule has 9 heteroatoms. The van der Waals surface area contributed by atoms with Crippen LogP contribution in [0.15, 0.2) is 84.0 Å². The number of aromatic carboxylic acids is 1. The van der Waals surface area contributed by atoms with E-state index in [1.165, 1.54) is 28.5 Å². The second-order valence-electron chi connectivity index (χ2n) is 9.29. The van der Waals surface area contributed by atoms with Crippen LogP contribution in [-0.2, 0) is 11.2 Å². The number of benzene rings is 3. The Kier molecular flexibility index (Phi) is 7.32. The fourth-order valence-corrected chi connectivity index (χ4v) is 5.66. The molecule has 0 saturated heterocycles. The Morgan fingerprint density at radius 3 is 2.59 bits per heavy atom. The molecule has 0 saturated carbocycles. The Hall–Kier alpha value is -4.27. The number of hydrogen-bond acceptors (Lipinski definition) is 5. The number of hydrazone groups is 1. The average Bonchev–Trinajstić information content (AvgIpc) is 3.49. The van der Waals surface area contributed by atoms with E-state index >= 15 is 0 Å². The molecule has 0 bridgehead atoms. The van der Waals surface area contributed by atoms with Gasteiger partial charge in [0.05, 0.1) is 27.8 Å². The molecule has 1 aliphatic heterocycles. The minimum Gasteiger partial charge on any atom is -0.478 e. The number of nitrogens with zero attached hydrogens (tertiary/aromatic N) is 2. The van der Waals surface area contributed by atoms with E-state index in [0.717, 1.165) is 20.9 Å². The van der Waals surface area contributed by atoms with Crippen LogP contribution >= 0.6 is 22.9 Å². The van der Waals surface area contributed by atoms with Gasteiger partial charge in [-0.2, -0.15) is 5.10 Å². The molecule has 1 aliphatic rings. The molecule has 5 rings (SSSR count). The van der Waals surface area contributed by atoms with E-state index < -0.39 is 11.9 Å². The molecule has 2 N–H and O–H groups in total. The van der Waals surface area contributed by atoms with Gasteiger partial charge >= 0.3 is 5.97 Å². The van der Waals surface area contributed by atoms with Gasteiger partial charge in [-0.05, 0) is 86.0 Å². The van der Waals surface area contributed by atoms with E-state index in [0.29, 0.717) is 34.1 Å². The van der Waals surface area contributed by atoms with Gasteiger partial charge in [0.2, 0.25) is 0 Å². The maximum absolute atomic E-state index is 13.2. The molecule has 1 unspecified atom stereocenters. The molecule has 2 amide bonds. The fourth-order valence-electron chi connectivity index (χ4n) is 4.41. The van der Waals surface area contributed by atoms with Crippen LogP contribution in [0, 0.1) is 12.8 Å². The van der Waals surface area contributed by atoms with Gasteiger partial charge < -0.3 is 10.4 Å². The highest BCUT2D eigenvalue weighted by atomic mass is 35.5. The summed E-state index contributed by atoms with van der Waals surface area (Å²) < 4.78 is 0. The summed E-state index contributed by atoms with van der Waals surface area (Å²) in [5.41, 5.74) is 4.13. The highest BCUT2D eigenvalue weighted by Gasteiger charge is 2.35. The van der Waals surface area contributed by atoms with Crippen LogP contribution in [0.25, 0.3) is 10.4 Å². The summed E-state index contributed by atoms with van der Waals surface area (Å²) in [6.07, 6.45) is 0.461. The molecule has 3 aromatic carbocycles. The van der Waals surface area contributed by atoms with E-state index in [1.54, 1.807) is 31.2 Å². The lowest BCUT2D eigenvalue weighted by Crippen LogP contribution is -2.28. The zero-order chi connectivity index (χ0) is 27.7. The first-order valence-corrected chi connectivity index (χ1v) is 13.4. The number of amides is 2. The molecule has 0 radical (unpaired) electrons. The second-order valence-corrected chi connectivity index (χ2v) is 10.9. The smallest absolute Gasteiger partial charge is 0.335 e. The Balaban J connectivity index is 1.32. The number of nitrogens with one attached hydrogen (secondary N) is 1. The van der Waals surface area contributed by atoms with Crippen LogP contribution in [0.3, 0.4) is 0 Å². The predicted molar refractivity (Wildman–Crippen MR) is 155 cm³/mol. The number of carboxylic acid groups (broad SMARTS) is 1. The van der Waals surface area contributed by atoms with Gasteiger partial charge in [0.1, 0.15) is 0 Å². The number of aryl methyl sites for hydroxylation is 1. The van der Waals surface area contributed by atoms with Crippen molar-refractivity contribution in [2.45, 2.75) is 20.3 Å². The summed E-state index contributed by atoms with van der Waals surface area (Å²) in [5, 5.41) is 18.2. The summed E-state index contributed by atoms with van der Waals surface area (Å²) in [7, 11) is 0. The molecular weight excluding hydrogens is 534 g/mol. The quantitative estimate of drug-likeness (QED) is 0.258. The van der Waals surface area contributed by atoms with Crippen LogP contribution in [0.4, 0.5) is 11.4 Å². The number of rotatable bonds is 7. The van der Waals surface area contributed by atoms with Crippen molar-refractivity contribution >= 4 is 57.8 Å². The third-order valence-corrected chi connectivity index (χ3v) is 7.93. The second kappa shape index (κ2) is 10.8. The number of hydrogen-bond donors (Lipinski definition) is 2. The summed E-state index contributed by atoms with van der Waals surface area (Å²) >= 11 is 7.91. The first kappa shape index (κ1) is 26.3. The van der Waals surface area contributed by atoms with Crippen molar-refractivity contribution in [2.24, 2.45) is 11.0 Å². The summed E-state index contributed by atoms with van der Waals surface area (Å²) in [5.74, 6) is -2.01. The van der Waals surface area contributed by atoms with Crippen molar-refractivity contribution in [3.63, 3.8) is 0 Å². The van der Waals surface area contributed by atoms with Crippen molar-refractivity contribution in [1.29, 1.82) is 0 Å². The summed E-state index contributed by atoms with van der Waals surface area (Å²) in [6, 6.07) is 23.0. The molecule has 1 aromatic heterocycles. The standard InChI is InChI=1S/C30H24ClN3O4S/c1-17-5-3-7-21(13-17)32-28(35)25-15-19(9-11-26(25)31)27-12-10-23(39-27)16-24-18(2)33-34(29(24)36)22-8-4-6-20(14-22)30(37)38/h3-15,24H,16H2,1-2H3,(H,32,35)(H,37,38). The lowest BCUT2D eigenvalue weighted by Gasteiger charge is -2.14. The van der Waals surface area contributed by atoms with Crippen LogP contribution in [0.1, 0.15) is 38.1 Å². The summed E-state index contributed by atoms with van der Waals surface area (Å²) in [6.45, 7) is 3.76. The molecule has 39 heavy (non-hydrogen) atoms. The van der Waals surface area contributed by atoms with Crippen LogP contribution in [0.2, 0.25) is 5.02 Å². The highest BCUT2D eigenvalue weighted by Crippen LogP contribution is 2.34. The molecule has 0 aliphatic carbocycles. The van der Waals surface area contributed by atoms with Crippen LogP contribution in [0.5, 0.6) is 0 Å². The van der Waals surface area contributed by atoms with Gasteiger partial charge in [-0.25, -0.2) is 9.80 Å². The van der Waals surface area contributed by atoms with Crippen molar-refractivity contribution in [3.05, 3.63) is 105 Å². The largest absolute Gasteiger partial charge is 0.478 e. The van der Waals surface area contributed by atoms with Crippen LogP contribution < -0.4 is 10.3 Å². The van der Waals surface area contributed by atoms with E-state index in [1.807, 2.05) is 49.4 Å². The van der Waals surface area contributed by atoms with Crippen molar-refractivity contribution in [2.75, 3.05) is 10.3 Å². The molecule has 2 heterocycles. The van der Waals surface area contributed by atoms with E-state index in [2.05, 4.69) is 10.4 Å². The first-order chi connectivity index (χ1) is 18.7. The minimum atomic E-state index is -1.06. The number of carbonyl (C=O) groups excluding carboxylic acids is 2. The van der Waals surface area contributed by atoms with Gasteiger partial charge in [0.25, 0.3) is 11.8 Å². The number of carbonyl (C=O) groups is 3. The molecule has 196 valence electrons. The minimum absolute atomic E-state index is 0.0920. The Morgan fingerprint density at radius 2 is 1.82 bits per heavy atom. The molecule has 0 fully saturated rings. The number of anilines is 2. The van der Waals surface area contributed by atoms with Gasteiger partial charge in [-0.15, -0.1) is 11.3 Å². The molecule has 4 aromatic rings. The van der Waals surface area contributed by atoms with Gasteiger partial charge in [-0.3, -0.25) is 9.59 Å².